The van der Waals surface area contributed by atoms with Crippen LogP contribution < -0.4 is 5.73 Å². The number of nitrogens with zero attached hydrogens (tertiary/aromatic N) is 4. The highest BCUT2D eigenvalue weighted by Crippen LogP contribution is 2.41. The summed E-state index contributed by atoms with van der Waals surface area (Å²) in [6.07, 6.45) is 0. The number of azo groups is 2. The number of fused-ring (bicyclic) bond motifs is 1. The van der Waals surface area contributed by atoms with Crippen LogP contribution in [0.4, 0.5) is 28.4 Å². The smallest absolute Gasteiger partial charge is 0.296 e. The van der Waals surface area contributed by atoms with Crippen molar-refractivity contribution in [2.75, 3.05) is 5.73 Å². The molecule has 160 valence electrons. The molecule has 10 heteroatoms. The lowest BCUT2D eigenvalue weighted by Gasteiger charge is -2.09. The molecule has 0 radical (unpaired) electrons. The van der Waals surface area contributed by atoms with Crippen LogP contribution in [0.1, 0.15) is 0 Å². The molecular weight excluding hydrogens is 430 g/mol. The molecule has 0 heterocycles. The first-order valence-electron chi connectivity index (χ1n) is 9.32. The topological polar surface area (TPSA) is 150 Å². The summed E-state index contributed by atoms with van der Waals surface area (Å²) in [7, 11) is -4.69. The van der Waals surface area contributed by atoms with Crippen molar-refractivity contribution in [2.45, 2.75) is 4.90 Å². The molecular formula is C22H17N5O4S. The van der Waals surface area contributed by atoms with Gasteiger partial charge >= 0.3 is 0 Å². The maximum Gasteiger partial charge on any atom is 0.296 e. The number of rotatable bonds is 5. The zero-order valence-electron chi connectivity index (χ0n) is 16.5. The maximum absolute atomic E-state index is 11.9. The van der Waals surface area contributed by atoms with Gasteiger partial charge in [-0.3, -0.25) is 4.55 Å². The third kappa shape index (κ3) is 4.61. The normalized spacial score (nSPS) is 12.2. The van der Waals surface area contributed by atoms with Gasteiger partial charge in [0.2, 0.25) is 0 Å². The minimum Gasteiger partial charge on any atom is -0.505 e. The van der Waals surface area contributed by atoms with E-state index in [-0.39, 0.29) is 5.69 Å². The molecule has 0 amide bonds. The van der Waals surface area contributed by atoms with E-state index in [4.69, 9.17) is 5.73 Å². The van der Waals surface area contributed by atoms with Crippen molar-refractivity contribution in [1.29, 1.82) is 0 Å². The number of anilines is 1. The number of nitrogens with two attached hydrogens (primary N) is 1. The van der Waals surface area contributed by atoms with Gasteiger partial charge in [-0.15, -0.1) is 5.11 Å². The van der Waals surface area contributed by atoms with Gasteiger partial charge in [-0.1, -0.05) is 18.2 Å². The lowest BCUT2D eigenvalue weighted by molar-refractivity contribution is 0.472. The lowest BCUT2D eigenvalue weighted by Crippen LogP contribution is -1.99. The summed E-state index contributed by atoms with van der Waals surface area (Å²) in [4.78, 5) is -0.579. The molecule has 4 aromatic carbocycles. The summed E-state index contributed by atoms with van der Waals surface area (Å²) in [5, 5.41) is 27.4. The Bertz CT molecular complexity index is 1450. The highest BCUT2D eigenvalue weighted by Gasteiger charge is 2.22. The summed E-state index contributed by atoms with van der Waals surface area (Å²) in [6, 6.07) is 21.5. The molecule has 0 saturated carbocycles. The van der Waals surface area contributed by atoms with E-state index in [1.165, 1.54) is 18.2 Å². The number of phenolic OH excluding ortho intramolecular Hbond substituents is 1. The molecule has 9 nitrogen and oxygen atoms in total. The number of phenols is 1. The summed E-state index contributed by atoms with van der Waals surface area (Å²) in [5.41, 5.74) is 7.39. The molecule has 0 aliphatic rings. The average Bonchev–Trinajstić information content (AvgIpc) is 2.77. The molecule has 0 atom stereocenters. The van der Waals surface area contributed by atoms with E-state index in [1.807, 2.05) is 30.3 Å². The second-order valence-electron chi connectivity index (χ2n) is 6.78. The zero-order chi connectivity index (χ0) is 22.7. The van der Waals surface area contributed by atoms with E-state index in [0.717, 1.165) is 0 Å². The van der Waals surface area contributed by atoms with Crippen molar-refractivity contribution in [1.82, 2.24) is 0 Å². The van der Waals surface area contributed by atoms with E-state index in [9.17, 15) is 18.1 Å². The first kappa shape index (κ1) is 21.1. The number of hydrogen-bond acceptors (Lipinski definition) is 8. The van der Waals surface area contributed by atoms with E-state index in [2.05, 4.69) is 20.5 Å². The quantitative estimate of drug-likeness (QED) is 0.189. The summed E-state index contributed by atoms with van der Waals surface area (Å²) >= 11 is 0. The number of nitrogen functional groups attached to an aromatic ring is 1. The summed E-state index contributed by atoms with van der Waals surface area (Å²) in [5.74, 6) is -0.438. The molecule has 32 heavy (non-hydrogen) atoms. The molecule has 0 aliphatic heterocycles. The molecule has 0 aromatic heterocycles. The monoisotopic (exact) mass is 447 g/mol. The molecule has 0 aliphatic carbocycles. The van der Waals surface area contributed by atoms with Crippen molar-refractivity contribution in [3.05, 3.63) is 78.9 Å². The van der Waals surface area contributed by atoms with Crippen LogP contribution in [0.25, 0.3) is 10.8 Å². The Morgan fingerprint density at radius 2 is 1.28 bits per heavy atom. The van der Waals surface area contributed by atoms with Gasteiger partial charge in [-0.25, -0.2) is 0 Å². The summed E-state index contributed by atoms with van der Waals surface area (Å²) in [6.45, 7) is 0. The minimum absolute atomic E-state index is 0.317. The number of aromatic hydroxyl groups is 1. The minimum atomic E-state index is -4.69. The largest absolute Gasteiger partial charge is 0.505 e. The van der Waals surface area contributed by atoms with Gasteiger partial charge in [-0.05, 0) is 66.0 Å². The predicted molar refractivity (Wildman–Crippen MR) is 121 cm³/mol. The van der Waals surface area contributed by atoms with Crippen LogP contribution in [0.2, 0.25) is 0 Å². The van der Waals surface area contributed by atoms with Crippen LogP contribution in [0.5, 0.6) is 5.75 Å². The van der Waals surface area contributed by atoms with Crippen LogP contribution >= 0.6 is 0 Å². The average molecular weight is 447 g/mol. The van der Waals surface area contributed by atoms with E-state index >= 15 is 0 Å². The zero-order valence-corrected chi connectivity index (χ0v) is 17.3. The van der Waals surface area contributed by atoms with Crippen molar-refractivity contribution in [2.24, 2.45) is 20.5 Å². The second-order valence-corrected chi connectivity index (χ2v) is 8.17. The van der Waals surface area contributed by atoms with Crippen LogP contribution in [-0.4, -0.2) is 18.1 Å². The van der Waals surface area contributed by atoms with Crippen molar-refractivity contribution < 1.29 is 18.1 Å². The van der Waals surface area contributed by atoms with Crippen LogP contribution in [0.15, 0.2) is 104 Å². The summed E-state index contributed by atoms with van der Waals surface area (Å²) < 4.78 is 33.4. The Labute approximate surface area is 183 Å². The second kappa shape index (κ2) is 8.53. The third-order valence-electron chi connectivity index (χ3n) is 4.51. The highest BCUT2D eigenvalue weighted by molar-refractivity contribution is 7.86. The van der Waals surface area contributed by atoms with Gasteiger partial charge in [0.15, 0.2) is 5.75 Å². The van der Waals surface area contributed by atoms with E-state index in [0.29, 0.717) is 33.5 Å². The predicted octanol–water partition coefficient (Wildman–Crippen LogP) is 6.21. The Balaban J connectivity index is 1.67. The van der Waals surface area contributed by atoms with Crippen molar-refractivity contribution in [3.8, 4) is 5.75 Å². The van der Waals surface area contributed by atoms with Crippen molar-refractivity contribution in [3.63, 3.8) is 0 Å². The number of benzene rings is 4. The first-order valence-corrected chi connectivity index (χ1v) is 10.8. The fourth-order valence-corrected chi connectivity index (χ4v) is 3.62. The van der Waals surface area contributed by atoms with Gasteiger partial charge in [0.1, 0.15) is 10.6 Å². The van der Waals surface area contributed by atoms with Crippen LogP contribution in [0.3, 0.4) is 0 Å². The third-order valence-corrected chi connectivity index (χ3v) is 5.37. The van der Waals surface area contributed by atoms with Gasteiger partial charge < -0.3 is 10.8 Å². The molecule has 0 unspecified atom stereocenters. The van der Waals surface area contributed by atoms with Gasteiger partial charge in [0.25, 0.3) is 10.1 Å². The molecule has 0 saturated heterocycles. The van der Waals surface area contributed by atoms with Crippen LogP contribution in [0, 0.1) is 0 Å². The molecule has 0 spiro atoms. The Hall–Kier alpha value is -4.15. The van der Waals surface area contributed by atoms with Gasteiger partial charge in [0.05, 0.1) is 17.1 Å². The molecule has 4 rings (SSSR count). The molecule has 0 fully saturated rings. The Morgan fingerprint density at radius 3 is 1.88 bits per heavy atom. The molecule has 4 N–H and O–H groups in total. The van der Waals surface area contributed by atoms with Crippen molar-refractivity contribution >= 4 is 49.3 Å². The molecule has 4 aromatic rings. The first-order chi connectivity index (χ1) is 15.3. The maximum atomic E-state index is 11.9. The van der Waals surface area contributed by atoms with E-state index in [1.54, 1.807) is 30.3 Å². The van der Waals surface area contributed by atoms with Gasteiger partial charge in [0, 0.05) is 11.1 Å². The standard InChI is InChI=1S/C22H17N5O4S/c23-15-6-11-19-14(12-15)13-20(32(29,30)31)21(22(19)28)27-26-18-9-7-17(8-10-18)25-24-16-4-2-1-3-5-16/h1-13,28H,23H2,(H,29,30,31). The SMILES string of the molecule is Nc1ccc2c(O)c(N=Nc3ccc(N=Nc4ccccc4)cc3)c(S(=O)(=O)O)cc2c1. The molecule has 0 bridgehead atoms. The lowest BCUT2D eigenvalue weighted by atomic mass is 10.1. The van der Waals surface area contributed by atoms with Crippen LogP contribution in [-0.2, 0) is 10.1 Å². The Kier molecular flexibility index (Phi) is 5.63. The van der Waals surface area contributed by atoms with E-state index < -0.39 is 20.8 Å². The van der Waals surface area contributed by atoms with Gasteiger partial charge in [-0.2, -0.15) is 23.8 Å². The fourth-order valence-electron chi connectivity index (χ4n) is 2.97. The highest BCUT2D eigenvalue weighted by atomic mass is 32.2. The number of hydrogen-bond donors (Lipinski definition) is 3. The fraction of sp³-hybridized carbons (Fsp3) is 0. The Morgan fingerprint density at radius 1 is 0.719 bits per heavy atom.